The number of aryl methyl sites for hydroxylation is 1. The summed E-state index contributed by atoms with van der Waals surface area (Å²) in [6, 6.07) is 10.7. The van der Waals surface area contributed by atoms with Crippen molar-refractivity contribution in [3.63, 3.8) is 0 Å². The minimum absolute atomic E-state index is 0.0221. The molecule has 0 atom stereocenters. The number of phenols is 1. The molecule has 6 nitrogen and oxygen atoms in total. The number of fused-ring (bicyclic) bond motifs is 1. The highest BCUT2D eigenvalue weighted by molar-refractivity contribution is 6.00. The van der Waals surface area contributed by atoms with Crippen molar-refractivity contribution >= 4 is 17.5 Å². The number of nitrogens with one attached hydrogen (secondary N) is 1. The summed E-state index contributed by atoms with van der Waals surface area (Å²) in [5.41, 5.74) is 3.84. The number of phenolic OH excluding ortho intramolecular Hbond substituents is 1. The van der Waals surface area contributed by atoms with Crippen LogP contribution < -0.4 is 5.32 Å². The molecule has 146 valence electrons. The van der Waals surface area contributed by atoms with Gasteiger partial charge in [-0.05, 0) is 44.8 Å². The second-order valence-corrected chi connectivity index (χ2v) is 7.28. The second-order valence-electron chi connectivity index (χ2n) is 7.28. The number of likely N-dealkylation sites (N-methyl/N-ethyl adjacent to an activating group) is 1. The van der Waals surface area contributed by atoms with E-state index in [1.54, 1.807) is 23.1 Å². The Morgan fingerprint density at radius 1 is 1.21 bits per heavy atom. The van der Waals surface area contributed by atoms with Gasteiger partial charge in [0.2, 0.25) is 5.91 Å². The van der Waals surface area contributed by atoms with Crippen LogP contribution in [0.1, 0.15) is 27.0 Å². The van der Waals surface area contributed by atoms with Gasteiger partial charge in [0.15, 0.2) is 0 Å². The lowest BCUT2D eigenvalue weighted by atomic mass is 10.1. The molecular weight excluding hydrogens is 354 g/mol. The third-order valence-electron chi connectivity index (χ3n) is 4.65. The van der Waals surface area contributed by atoms with Gasteiger partial charge in [-0.3, -0.25) is 9.59 Å². The molecule has 2 aromatic rings. The first-order valence-electron chi connectivity index (χ1n) is 9.17. The van der Waals surface area contributed by atoms with E-state index in [2.05, 4.69) is 5.32 Å². The van der Waals surface area contributed by atoms with Gasteiger partial charge >= 0.3 is 0 Å². The molecule has 1 aliphatic rings. The van der Waals surface area contributed by atoms with Crippen LogP contribution in [0, 0.1) is 6.92 Å². The third kappa shape index (κ3) is 4.40. The lowest BCUT2D eigenvalue weighted by Gasteiger charge is -2.17. The zero-order valence-corrected chi connectivity index (χ0v) is 16.4. The number of carbonyl (C=O) groups excluding carboxylic acids is 2. The lowest BCUT2D eigenvalue weighted by molar-refractivity contribution is -0.111. The smallest absolute Gasteiger partial charge is 0.258 e. The maximum absolute atomic E-state index is 12.9. The summed E-state index contributed by atoms with van der Waals surface area (Å²) in [4.78, 5) is 28.7. The summed E-state index contributed by atoms with van der Waals surface area (Å²) >= 11 is 0. The minimum atomic E-state index is -0.222. The van der Waals surface area contributed by atoms with Crippen LogP contribution in [0.4, 0.5) is 5.69 Å². The highest BCUT2D eigenvalue weighted by atomic mass is 16.3. The summed E-state index contributed by atoms with van der Waals surface area (Å²) in [5, 5.41) is 13.0. The van der Waals surface area contributed by atoms with E-state index in [1.165, 1.54) is 12.1 Å². The van der Waals surface area contributed by atoms with Crippen molar-refractivity contribution in [3.8, 4) is 5.75 Å². The molecule has 1 heterocycles. The normalized spacial score (nSPS) is 13.2. The largest absolute Gasteiger partial charge is 0.507 e. The predicted octanol–water partition coefficient (Wildman–Crippen LogP) is 2.91. The molecule has 0 aliphatic carbocycles. The van der Waals surface area contributed by atoms with Gasteiger partial charge in [0.1, 0.15) is 5.75 Å². The molecule has 0 spiro atoms. The maximum atomic E-state index is 12.9. The summed E-state index contributed by atoms with van der Waals surface area (Å²) in [5.74, 6) is -0.442. The van der Waals surface area contributed by atoms with Crippen LogP contribution in [0.15, 0.2) is 48.6 Å². The van der Waals surface area contributed by atoms with Crippen molar-refractivity contribution in [3.05, 3.63) is 70.8 Å². The summed E-state index contributed by atoms with van der Waals surface area (Å²) in [6.07, 6.45) is 3.32. The van der Waals surface area contributed by atoms with Crippen LogP contribution in [0.25, 0.3) is 0 Å². The van der Waals surface area contributed by atoms with Gasteiger partial charge in [-0.25, -0.2) is 0 Å². The second kappa shape index (κ2) is 8.27. The minimum Gasteiger partial charge on any atom is -0.507 e. The fraction of sp³-hybridized carbons (Fsp3) is 0.273. The van der Waals surface area contributed by atoms with Gasteiger partial charge in [-0.15, -0.1) is 0 Å². The van der Waals surface area contributed by atoms with Crippen LogP contribution in [0.2, 0.25) is 0 Å². The molecular formula is C22H25N3O3. The van der Waals surface area contributed by atoms with Crippen LogP contribution in [0.5, 0.6) is 5.75 Å². The summed E-state index contributed by atoms with van der Waals surface area (Å²) in [7, 11) is 3.87. The molecule has 0 aromatic heterocycles. The van der Waals surface area contributed by atoms with Gasteiger partial charge in [0.25, 0.3) is 5.91 Å². The Balaban J connectivity index is 1.75. The predicted molar refractivity (Wildman–Crippen MR) is 109 cm³/mol. The van der Waals surface area contributed by atoms with Crippen molar-refractivity contribution in [2.24, 2.45) is 0 Å². The molecule has 0 fully saturated rings. The van der Waals surface area contributed by atoms with Gasteiger partial charge in [0.05, 0.1) is 5.56 Å². The first-order valence-corrected chi connectivity index (χ1v) is 9.17. The first-order chi connectivity index (χ1) is 13.3. The van der Waals surface area contributed by atoms with Crippen molar-refractivity contribution in [2.45, 2.75) is 20.0 Å². The molecule has 28 heavy (non-hydrogen) atoms. The number of amides is 2. The number of benzene rings is 2. The SMILES string of the molecule is Cc1ccc(O)c(C(=O)N2Cc3cccc(NC(=O)/C=C/CN(C)C)c3C2)c1. The van der Waals surface area contributed by atoms with Gasteiger partial charge in [0, 0.05) is 37.0 Å². The Bertz CT molecular complexity index is 935. The maximum Gasteiger partial charge on any atom is 0.258 e. The van der Waals surface area contributed by atoms with Gasteiger partial charge < -0.3 is 20.2 Å². The van der Waals surface area contributed by atoms with E-state index in [1.807, 2.05) is 44.1 Å². The van der Waals surface area contributed by atoms with E-state index in [0.29, 0.717) is 30.9 Å². The third-order valence-corrected chi connectivity index (χ3v) is 4.65. The van der Waals surface area contributed by atoms with Crippen LogP contribution in [-0.4, -0.2) is 47.4 Å². The van der Waals surface area contributed by atoms with E-state index in [9.17, 15) is 14.7 Å². The first kappa shape index (κ1) is 19.6. The number of aromatic hydroxyl groups is 1. The van der Waals surface area contributed by atoms with E-state index >= 15 is 0 Å². The quantitative estimate of drug-likeness (QED) is 0.784. The number of hydrogen-bond acceptors (Lipinski definition) is 4. The Morgan fingerprint density at radius 2 is 2.00 bits per heavy atom. The van der Waals surface area contributed by atoms with Gasteiger partial charge in [-0.2, -0.15) is 0 Å². The Morgan fingerprint density at radius 3 is 2.75 bits per heavy atom. The Labute approximate surface area is 165 Å². The fourth-order valence-electron chi connectivity index (χ4n) is 3.22. The number of nitrogens with zero attached hydrogens (tertiary/aromatic N) is 2. The fourth-order valence-corrected chi connectivity index (χ4v) is 3.22. The molecule has 2 aromatic carbocycles. The summed E-state index contributed by atoms with van der Waals surface area (Å²) in [6.45, 7) is 3.40. The topological polar surface area (TPSA) is 72.9 Å². The highest BCUT2D eigenvalue weighted by Gasteiger charge is 2.27. The van der Waals surface area contributed by atoms with E-state index < -0.39 is 0 Å². The molecule has 0 saturated carbocycles. The molecule has 2 amide bonds. The van der Waals surface area contributed by atoms with Crippen molar-refractivity contribution in [1.29, 1.82) is 0 Å². The Kier molecular flexibility index (Phi) is 5.80. The number of hydrogen-bond donors (Lipinski definition) is 2. The molecule has 2 N–H and O–H groups in total. The zero-order valence-electron chi connectivity index (χ0n) is 16.4. The van der Waals surface area contributed by atoms with E-state index in [-0.39, 0.29) is 17.6 Å². The Hall–Kier alpha value is -3.12. The molecule has 3 rings (SSSR count). The monoisotopic (exact) mass is 379 g/mol. The number of anilines is 1. The standard InChI is InChI=1S/C22H25N3O3/c1-15-9-10-20(26)17(12-15)22(28)25-13-16-6-4-7-19(18(16)14-25)23-21(27)8-5-11-24(2)3/h4-10,12,26H,11,13-14H2,1-3H3,(H,23,27)/b8-5+. The average Bonchev–Trinajstić information content (AvgIpc) is 3.08. The van der Waals surface area contributed by atoms with Crippen LogP contribution >= 0.6 is 0 Å². The van der Waals surface area contributed by atoms with Crippen molar-refractivity contribution in [2.75, 3.05) is 26.0 Å². The molecule has 0 saturated heterocycles. The number of rotatable bonds is 5. The molecule has 0 radical (unpaired) electrons. The van der Waals surface area contributed by atoms with Crippen molar-refractivity contribution < 1.29 is 14.7 Å². The lowest BCUT2D eigenvalue weighted by Crippen LogP contribution is -2.25. The summed E-state index contributed by atoms with van der Waals surface area (Å²) < 4.78 is 0. The number of carbonyl (C=O) groups is 2. The van der Waals surface area contributed by atoms with Gasteiger partial charge in [-0.1, -0.05) is 29.8 Å². The van der Waals surface area contributed by atoms with E-state index in [4.69, 9.17) is 0 Å². The van der Waals surface area contributed by atoms with Crippen LogP contribution in [-0.2, 0) is 17.9 Å². The molecule has 1 aliphatic heterocycles. The average molecular weight is 379 g/mol. The molecule has 0 bridgehead atoms. The molecule has 6 heteroatoms. The van der Waals surface area contributed by atoms with Crippen molar-refractivity contribution in [1.82, 2.24) is 9.80 Å². The zero-order chi connectivity index (χ0) is 20.3. The van der Waals surface area contributed by atoms with E-state index in [0.717, 1.165) is 16.7 Å². The highest BCUT2D eigenvalue weighted by Crippen LogP contribution is 2.31. The van der Waals surface area contributed by atoms with Crippen LogP contribution in [0.3, 0.4) is 0 Å². The molecule has 0 unspecified atom stereocenters.